The van der Waals surface area contributed by atoms with Crippen LogP contribution in [0.4, 0.5) is 0 Å². The number of ether oxygens (including phenoxy) is 4. The molecule has 2 N–H and O–H groups in total. The first kappa shape index (κ1) is 17.0. The van der Waals surface area contributed by atoms with Crippen LogP contribution < -0.4 is 14.2 Å². The maximum atomic E-state index is 9.98. The molecule has 0 amide bonds. The smallest absolute Gasteiger partial charge is 0.231 e. The number of aliphatic hydroxyl groups is 1. The van der Waals surface area contributed by atoms with E-state index >= 15 is 0 Å². The van der Waals surface area contributed by atoms with Gasteiger partial charge in [-0.15, -0.1) is 0 Å². The first-order valence-electron chi connectivity index (χ1n) is 8.67. The molecule has 0 saturated carbocycles. The molecule has 138 valence electrons. The van der Waals surface area contributed by atoms with Gasteiger partial charge in [-0.2, -0.15) is 0 Å². The van der Waals surface area contributed by atoms with Gasteiger partial charge in [0.15, 0.2) is 23.0 Å². The Bertz CT molecular complexity index is 790. The fraction of sp³-hybridized carbons (Fsp3) is 0.400. The van der Waals surface area contributed by atoms with E-state index in [2.05, 4.69) is 0 Å². The highest BCUT2D eigenvalue weighted by atomic mass is 16.7. The van der Waals surface area contributed by atoms with Crippen molar-refractivity contribution in [2.24, 2.45) is 11.8 Å². The van der Waals surface area contributed by atoms with Crippen LogP contribution >= 0.6 is 0 Å². The maximum Gasteiger partial charge on any atom is 0.231 e. The van der Waals surface area contributed by atoms with Gasteiger partial charge in [-0.1, -0.05) is 12.1 Å². The molecule has 0 aliphatic carbocycles. The van der Waals surface area contributed by atoms with Crippen molar-refractivity contribution in [2.75, 3.05) is 27.1 Å². The minimum atomic E-state index is -0.182. The van der Waals surface area contributed by atoms with Gasteiger partial charge in [0.2, 0.25) is 6.79 Å². The van der Waals surface area contributed by atoms with Crippen LogP contribution in [0, 0.1) is 11.8 Å². The topological polar surface area (TPSA) is 77.4 Å². The number of rotatable bonds is 5. The van der Waals surface area contributed by atoms with E-state index in [1.165, 1.54) is 7.11 Å². The number of phenols is 1. The Kier molecular flexibility index (Phi) is 4.61. The summed E-state index contributed by atoms with van der Waals surface area (Å²) in [6.07, 6.45) is 0.557. The van der Waals surface area contributed by atoms with E-state index in [-0.39, 0.29) is 37.1 Å². The Labute approximate surface area is 151 Å². The standard InChI is InChI=1S/C20H22O6/c1-23-18-7-12(2-4-16(18)22)6-14-10-24-20(15(14)9-21)13-3-5-17-19(8-13)26-11-25-17/h2-5,7-8,14-15,20-22H,6,9-11H2,1H3/t14-,15-,20+/m0/s1. The third-order valence-corrected chi connectivity index (χ3v) is 5.16. The zero-order valence-electron chi connectivity index (χ0n) is 14.6. The van der Waals surface area contributed by atoms with Gasteiger partial charge in [-0.3, -0.25) is 0 Å². The highest BCUT2D eigenvalue weighted by Gasteiger charge is 2.38. The van der Waals surface area contributed by atoms with Gasteiger partial charge in [-0.25, -0.2) is 0 Å². The molecular weight excluding hydrogens is 336 g/mol. The summed E-state index contributed by atoms with van der Waals surface area (Å²) in [7, 11) is 1.53. The molecule has 6 heteroatoms. The average Bonchev–Trinajstić information content (AvgIpc) is 3.28. The van der Waals surface area contributed by atoms with Crippen LogP contribution in [0.3, 0.4) is 0 Å². The zero-order chi connectivity index (χ0) is 18.1. The van der Waals surface area contributed by atoms with Gasteiger partial charge in [0.05, 0.1) is 19.8 Å². The number of aromatic hydroxyl groups is 1. The Hall–Kier alpha value is -2.44. The van der Waals surface area contributed by atoms with E-state index in [1.807, 2.05) is 30.3 Å². The molecule has 1 fully saturated rings. The molecule has 2 aromatic carbocycles. The molecule has 6 nitrogen and oxygen atoms in total. The van der Waals surface area contributed by atoms with Crippen molar-refractivity contribution in [3.05, 3.63) is 47.5 Å². The van der Waals surface area contributed by atoms with Crippen molar-refractivity contribution in [3.8, 4) is 23.0 Å². The van der Waals surface area contributed by atoms with Gasteiger partial charge in [0.1, 0.15) is 0 Å². The predicted octanol–water partition coefficient (Wildman–Crippen LogP) is 2.67. The monoisotopic (exact) mass is 358 g/mol. The van der Waals surface area contributed by atoms with E-state index in [9.17, 15) is 10.2 Å². The largest absolute Gasteiger partial charge is 0.504 e. The van der Waals surface area contributed by atoms with Gasteiger partial charge < -0.3 is 29.2 Å². The molecule has 4 rings (SSSR count). The summed E-state index contributed by atoms with van der Waals surface area (Å²) in [6, 6.07) is 11.1. The van der Waals surface area contributed by atoms with E-state index in [1.54, 1.807) is 6.07 Å². The van der Waals surface area contributed by atoms with Gasteiger partial charge in [0.25, 0.3) is 0 Å². The van der Waals surface area contributed by atoms with Crippen molar-refractivity contribution in [1.82, 2.24) is 0 Å². The Morgan fingerprint density at radius 3 is 2.77 bits per heavy atom. The molecule has 26 heavy (non-hydrogen) atoms. The van der Waals surface area contributed by atoms with Crippen LogP contribution in [0.5, 0.6) is 23.0 Å². The second-order valence-corrected chi connectivity index (χ2v) is 6.68. The second-order valence-electron chi connectivity index (χ2n) is 6.68. The summed E-state index contributed by atoms with van der Waals surface area (Å²) in [5, 5.41) is 19.7. The van der Waals surface area contributed by atoms with Crippen LogP contribution in [0.1, 0.15) is 17.2 Å². The average molecular weight is 358 g/mol. The predicted molar refractivity (Wildman–Crippen MR) is 93.7 cm³/mol. The number of fused-ring (bicyclic) bond motifs is 1. The molecule has 0 spiro atoms. The minimum Gasteiger partial charge on any atom is -0.504 e. The molecule has 2 aliphatic rings. The highest BCUT2D eigenvalue weighted by Crippen LogP contribution is 2.43. The molecule has 0 radical (unpaired) electrons. The minimum absolute atomic E-state index is 0.0184. The van der Waals surface area contributed by atoms with E-state index in [0.717, 1.165) is 29.0 Å². The third kappa shape index (κ3) is 3.06. The normalized spacial score (nSPS) is 24.0. The van der Waals surface area contributed by atoms with E-state index in [4.69, 9.17) is 18.9 Å². The van der Waals surface area contributed by atoms with Crippen molar-refractivity contribution >= 4 is 0 Å². The van der Waals surface area contributed by atoms with Gasteiger partial charge >= 0.3 is 0 Å². The summed E-state index contributed by atoms with van der Waals surface area (Å²) in [4.78, 5) is 0. The zero-order valence-corrected chi connectivity index (χ0v) is 14.6. The number of hydrogen-bond donors (Lipinski definition) is 2. The number of phenolic OH excluding ortho intramolecular Hbond substituents is 1. The lowest BCUT2D eigenvalue weighted by molar-refractivity contribution is 0.0717. The first-order valence-corrected chi connectivity index (χ1v) is 8.67. The molecule has 0 bridgehead atoms. The van der Waals surface area contributed by atoms with Crippen LogP contribution in [-0.2, 0) is 11.2 Å². The van der Waals surface area contributed by atoms with E-state index in [0.29, 0.717) is 12.4 Å². The quantitative estimate of drug-likeness (QED) is 0.856. The molecule has 1 saturated heterocycles. The molecule has 2 aliphatic heterocycles. The lowest BCUT2D eigenvalue weighted by Gasteiger charge is -2.21. The molecular formula is C20H22O6. The first-order chi connectivity index (χ1) is 12.7. The molecule has 3 atom stereocenters. The maximum absolute atomic E-state index is 9.98. The number of benzene rings is 2. The van der Waals surface area contributed by atoms with Crippen LogP contribution in [0.2, 0.25) is 0 Å². The van der Waals surface area contributed by atoms with E-state index < -0.39 is 0 Å². The fourth-order valence-electron chi connectivity index (χ4n) is 3.76. The summed E-state index contributed by atoms with van der Waals surface area (Å²) < 4.78 is 22.0. The van der Waals surface area contributed by atoms with Gasteiger partial charge in [-0.05, 0) is 47.7 Å². The molecule has 0 unspecified atom stereocenters. The number of aliphatic hydroxyl groups excluding tert-OH is 1. The second kappa shape index (κ2) is 7.05. The van der Waals surface area contributed by atoms with Crippen molar-refractivity contribution in [1.29, 1.82) is 0 Å². The Morgan fingerprint density at radius 1 is 1.12 bits per heavy atom. The van der Waals surface area contributed by atoms with Crippen LogP contribution in [-0.4, -0.2) is 37.3 Å². The lowest BCUT2D eigenvalue weighted by Crippen LogP contribution is -2.21. The van der Waals surface area contributed by atoms with Gasteiger partial charge in [0, 0.05) is 12.5 Å². The van der Waals surface area contributed by atoms with Crippen molar-refractivity contribution < 1.29 is 29.2 Å². The number of hydrogen-bond acceptors (Lipinski definition) is 6. The fourth-order valence-corrected chi connectivity index (χ4v) is 3.76. The highest BCUT2D eigenvalue weighted by molar-refractivity contribution is 5.45. The Balaban J connectivity index is 1.52. The molecule has 2 heterocycles. The van der Waals surface area contributed by atoms with Crippen molar-refractivity contribution in [3.63, 3.8) is 0 Å². The molecule has 2 aromatic rings. The third-order valence-electron chi connectivity index (χ3n) is 5.16. The summed E-state index contributed by atoms with van der Waals surface area (Å²) in [5.74, 6) is 2.18. The lowest BCUT2D eigenvalue weighted by atomic mass is 9.84. The summed E-state index contributed by atoms with van der Waals surface area (Å²) in [6.45, 7) is 0.839. The summed E-state index contributed by atoms with van der Waals surface area (Å²) >= 11 is 0. The van der Waals surface area contributed by atoms with Crippen LogP contribution in [0.15, 0.2) is 36.4 Å². The molecule has 0 aromatic heterocycles. The summed E-state index contributed by atoms with van der Waals surface area (Å²) in [5.41, 5.74) is 2.03. The number of methoxy groups -OCH3 is 1. The Morgan fingerprint density at radius 2 is 1.96 bits per heavy atom. The van der Waals surface area contributed by atoms with Crippen LogP contribution in [0.25, 0.3) is 0 Å². The van der Waals surface area contributed by atoms with Crippen molar-refractivity contribution in [2.45, 2.75) is 12.5 Å². The SMILES string of the molecule is COc1cc(C[C@H]2CO[C@H](c3ccc4c(c3)OCO4)[C@H]2CO)ccc1O.